The van der Waals surface area contributed by atoms with Crippen molar-refractivity contribution >= 4 is 21.6 Å². The Balaban J connectivity index is 1.45. The van der Waals surface area contributed by atoms with E-state index in [4.69, 9.17) is 4.74 Å². The Kier molecular flexibility index (Phi) is 3.97. The van der Waals surface area contributed by atoms with Gasteiger partial charge in [0.05, 0.1) is 4.90 Å². The summed E-state index contributed by atoms with van der Waals surface area (Å²) in [4.78, 5) is 11.6. The molecule has 0 radical (unpaired) electrons. The highest BCUT2D eigenvalue weighted by molar-refractivity contribution is 7.89. The summed E-state index contributed by atoms with van der Waals surface area (Å²) in [5.74, 6) is 0.774. The second-order valence-corrected chi connectivity index (χ2v) is 8.04. The molecular weight excluding hydrogens is 340 g/mol. The van der Waals surface area contributed by atoms with Gasteiger partial charge in [0.25, 0.3) is 0 Å². The molecule has 2 aromatic carbocycles. The number of carbonyl (C=O) groups is 1. The van der Waals surface area contributed by atoms with Crippen LogP contribution in [0.15, 0.2) is 47.4 Å². The van der Waals surface area contributed by atoms with Gasteiger partial charge in [-0.15, -0.1) is 0 Å². The van der Waals surface area contributed by atoms with E-state index in [0.29, 0.717) is 24.9 Å². The minimum absolute atomic E-state index is 0.0424. The Hall–Kier alpha value is -2.38. The van der Waals surface area contributed by atoms with Crippen molar-refractivity contribution in [2.75, 3.05) is 11.9 Å². The van der Waals surface area contributed by atoms with E-state index in [2.05, 4.69) is 10.0 Å². The molecule has 0 bridgehead atoms. The first-order chi connectivity index (χ1) is 12.0. The van der Waals surface area contributed by atoms with Crippen molar-refractivity contribution in [2.24, 2.45) is 0 Å². The lowest BCUT2D eigenvalue weighted by atomic mass is 10.0. The third-order valence-corrected chi connectivity index (χ3v) is 5.92. The smallest absolute Gasteiger partial charge is 0.240 e. The van der Waals surface area contributed by atoms with Crippen molar-refractivity contribution < 1.29 is 17.9 Å². The van der Waals surface area contributed by atoms with Crippen molar-refractivity contribution in [3.05, 3.63) is 53.6 Å². The fraction of sp³-hybridized carbons (Fsp3) is 0.278. The number of hydrogen-bond acceptors (Lipinski definition) is 4. The number of carbonyl (C=O) groups excluding carboxylic acids is 1. The molecule has 2 aromatic rings. The molecule has 0 saturated heterocycles. The number of sulfonamides is 1. The first kappa shape index (κ1) is 16.1. The van der Waals surface area contributed by atoms with Gasteiger partial charge < -0.3 is 10.1 Å². The highest BCUT2D eigenvalue weighted by atomic mass is 32.2. The molecule has 2 aliphatic rings. The van der Waals surface area contributed by atoms with Crippen LogP contribution in [-0.4, -0.2) is 27.0 Å². The Morgan fingerprint density at radius 1 is 1.12 bits per heavy atom. The molecule has 2 heterocycles. The fourth-order valence-electron chi connectivity index (χ4n) is 3.18. The molecule has 0 aromatic heterocycles. The van der Waals surface area contributed by atoms with Crippen LogP contribution in [0.5, 0.6) is 5.75 Å². The predicted molar refractivity (Wildman–Crippen MR) is 93.1 cm³/mol. The van der Waals surface area contributed by atoms with E-state index in [9.17, 15) is 13.2 Å². The van der Waals surface area contributed by atoms with Gasteiger partial charge in [-0.1, -0.05) is 18.2 Å². The summed E-state index contributed by atoms with van der Waals surface area (Å²) in [5, 5.41) is 2.75. The number of para-hydroxylation sites is 1. The molecule has 0 spiro atoms. The Labute approximate surface area is 146 Å². The second kappa shape index (κ2) is 6.16. The van der Waals surface area contributed by atoms with E-state index in [1.54, 1.807) is 12.1 Å². The quantitative estimate of drug-likeness (QED) is 0.874. The van der Waals surface area contributed by atoms with Crippen LogP contribution in [0.1, 0.15) is 17.5 Å². The number of anilines is 1. The minimum atomic E-state index is -3.62. The summed E-state index contributed by atoms with van der Waals surface area (Å²) in [6, 6.07) is 12.5. The molecule has 2 aliphatic heterocycles. The van der Waals surface area contributed by atoms with E-state index in [0.717, 1.165) is 16.9 Å². The van der Waals surface area contributed by atoms with E-state index >= 15 is 0 Å². The lowest BCUT2D eigenvalue weighted by Crippen LogP contribution is -2.34. The maximum atomic E-state index is 12.6. The van der Waals surface area contributed by atoms with E-state index < -0.39 is 10.0 Å². The molecule has 0 saturated carbocycles. The van der Waals surface area contributed by atoms with Crippen LogP contribution in [0.3, 0.4) is 0 Å². The largest absolute Gasteiger partial charge is 0.488 e. The number of benzene rings is 2. The normalized spacial score (nSPS) is 18.9. The van der Waals surface area contributed by atoms with Gasteiger partial charge in [-0.25, -0.2) is 13.1 Å². The summed E-state index contributed by atoms with van der Waals surface area (Å²) in [6.07, 6.45) is 1.41. The summed E-state index contributed by atoms with van der Waals surface area (Å²) in [5.41, 5.74) is 2.62. The molecule has 0 fully saturated rings. The van der Waals surface area contributed by atoms with Crippen LogP contribution in [0.25, 0.3) is 0 Å². The van der Waals surface area contributed by atoms with Crippen molar-refractivity contribution in [3.63, 3.8) is 0 Å². The first-order valence-corrected chi connectivity index (χ1v) is 9.66. The van der Waals surface area contributed by atoms with Crippen LogP contribution in [0, 0.1) is 0 Å². The molecule has 130 valence electrons. The summed E-state index contributed by atoms with van der Waals surface area (Å²) >= 11 is 0. The molecule has 7 heteroatoms. The van der Waals surface area contributed by atoms with E-state index in [1.807, 2.05) is 24.3 Å². The summed E-state index contributed by atoms with van der Waals surface area (Å²) in [6.45, 7) is 0.213. The Morgan fingerprint density at radius 3 is 2.80 bits per heavy atom. The lowest BCUT2D eigenvalue weighted by molar-refractivity contribution is -0.116. The number of nitrogens with one attached hydrogen (secondary N) is 2. The molecular formula is C18H18N2O4S. The molecule has 2 N–H and O–H groups in total. The number of fused-ring (bicyclic) bond motifs is 2. The van der Waals surface area contributed by atoms with Crippen LogP contribution in [0.4, 0.5) is 5.69 Å². The van der Waals surface area contributed by atoms with Gasteiger partial charge in [0.15, 0.2) is 0 Å². The van der Waals surface area contributed by atoms with E-state index in [-0.39, 0.29) is 23.5 Å². The zero-order valence-corrected chi connectivity index (χ0v) is 14.3. The number of hydrogen-bond donors (Lipinski definition) is 2. The highest BCUT2D eigenvalue weighted by Crippen LogP contribution is 2.28. The third kappa shape index (κ3) is 3.25. The molecule has 4 rings (SSSR count). The van der Waals surface area contributed by atoms with Gasteiger partial charge in [0, 0.05) is 25.1 Å². The van der Waals surface area contributed by atoms with Crippen molar-refractivity contribution in [2.45, 2.75) is 30.3 Å². The SMILES string of the molecule is O=C1CCc2cc(S(=O)(=O)NC[C@H]3Cc4ccccc4O3)ccc2N1. The monoisotopic (exact) mass is 358 g/mol. The van der Waals surface area contributed by atoms with Crippen molar-refractivity contribution in [1.29, 1.82) is 0 Å². The van der Waals surface area contributed by atoms with Gasteiger partial charge in [-0.3, -0.25) is 4.79 Å². The lowest BCUT2D eigenvalue weighted by Gasteiger charge is -2.18. The molecule has 1 atom stereocenters. The van der Waals surface area contributed by atoms with Crippen molar-refractivity contribution in [3.8, 4) is 5.75 Å². The topological polar surface area (TPSA) is 84.5 Å². The number of ether oxygens (including phenoxy) is 1. The molecule has 0 aliphatic carbocycles. The number of rotatable bonds is 4. The van der Waals surface area contributed by atoms with Gasteiger partial charge in [0.1, 0.15) is 11.9 Å². The predicted octanol–water partition coefficient (Wildman–Crippen LogP) is 1.85. The number of amides is 1. The maximum Gasteiger partial charge on any atom is 0.240 e. The van der Waals surface area contributed by atoms with Crippen LogP contribution in [0.2, 0.25) is 0 Å². The van der Waals surface area contributed by atoms with Crippen LogP contribution in [-0.2, 0) is 27.7 Å². The average Bonchev–Trinajstić information content (AvgIpc) is 3.02. The van der Waals surface area contributed by atoms with E-state index in [1.165, 1.54) is 6.07 Å². The molecule has 6 nitrogen and oxygen atoms in total. The average molecular weight is 358 g/mol. The van der Waals surface area contributed by atoms with Gasteiger partial charge in [0.2, 0.25) is 15.9 Å². The Morgan fingerprint density at radius 2 is 1.96 bits per heavy atom. The zero-order chi connectivity index (χ0) is 17.4. The highest BCUT2D eigenvalue weighted by Gasteiger charge is 2.25. The van der Waals surface area contributed by atoms with Gasteiger partial charge >= 0.3 is 0 Å². The third-order valence-electron chi connectivity index (χ3n) is 4.50. The maximum absolute atomic E-state index is 12.6. The van der Waals surface area contributed by atoms with Crippen LogP contribution < -0.4 is 14.8 Å². The summed E-state index contributed by atoms with van der Waals surface area (Å²) in [7, 11) is -3.62. The van der Waals surface area contributed by atoms with Gasteiger partial charge in [-0.2, -0.15) is 0 Å². The second-order valence-electron chi connectivity index (χ2n) is 6.27. The number of aryl methyl sites for hydroxylation is 1. The van der Waals surface area contributed by atoms with Crippen molar-refractivity contribution in [1.82, 2.24) is 4.72 Å². The zero-order valence-electron chi connectivity index (χ0n) is 13.5. The molecule has 25 heavy (non-hydrogen) atoms. The van der Waals surface area contributed by atoms with Gasteiger partial charge in [-0.05, 0) is 41.8 Å². The fourth-order valence-corrected chi connectivity index (χ4v) is 4.30. The summed E-state index contributed by atoms with van der Waals surface area (Å²) < 4.78 is 33.5. The van der Waals surface area contributed by atoms with Crippen LogP contribution >= 0.6 is 0 Å². The standard InChI is InChI=1S/C18H18N2O4S/c21-18-8-5-12-10-15(6-7-16(12)20-18)25(22,23)19-11-14-9-13-3-1-2-4-17(13)24-14/h1-4,6-7,10,14,19H,5,8-9,11H2,(H,20,21)/t14-/m1/s1. The first-order valence-electron chi connectivity index (χ1n) is 8.18. The molecule has 1 amide bonds. The Bertz CT molecular complexity index is 915. The molecule has 0 unspecified atom stereocenters. The minimum Gasteiger partial charge on any atom is -0.488 e.